The van der Waals surface area contributed by atoms with Crippen LogP contribution < -0.4 is 10.6 Å². The van der Waals surface area contributed by atoms with Crippen LogP contribution in [0.15, 0.2) is 73.2 Å². The van der Waals surface area contributed by atoms with Gasteiger partial charge in [-0.05, 0) is 81.6 Å². The Morgan fingerprint density at radius 1 is 0.902 bits per heavy atom. The molecule has 4 aromatic rings. The fourth-order valence-corrected chi connectivity index (χ4v) is 3.97. The number of methoxy groups -OCH3 is 1. The van der Waals surface area contributed by atoms with Crippen LogP contribution in [0.1, 0.15) is 49.3 Å². The van der Waals surface area contributed by atoms with Crippen molar-refractivity contribution in [2.75, 3.05) is 17.7 Å². The summed E-state index contributed by atoms with van der Waals surface area (Å²) in [5, 5.41) is 15.2. The van der Waals surface area contributed by atoms with Gasteiger partial charge in [0.2, 0.25) is 0 Å². The van der Waals surface area contributed by atoms with E-state index in [0.29, 0.717) is 28.5 Å². The van der Waals surface area contributed by atoms with Crippen molar-refractivity contribution in [3.05, 3.63) is 90.0 Å². The number of ether oxygens (including phenoxy) is 1. The molecule has 0 spiro atoms. The van der Waals surface area contributed by atoms with E-state index in [1.165, 1.54) is 19.6 Å². The molecule has 0 atom stereocenters. The number of nitrogens with zero attached hydrogens (tertiary/aromatic N) is 4. The molecule has 41 heavy (non-hydrogen) atoms. The van der Waals surface area contributed by atoms with Crippen LogP contribution >= 0.6 is 0 Å². The Kier molecular flexibility index (Phi) is 8.26. The van der Waals surface area contributed by atoms with Crippen LogP contribution in [0.3, 0.4) is 0 Å². The van der Waals surface area contributed by atoms with E-state index in [9.17, 15) is 14.9 Å². The van der Waals surface area contributed by atoms with Gasteiger partial charge in [0, 0.05) is 36.2 Å². The van der Waals surface area contributed by atoms with Gasteiger partial charge in [0.15, 0.2) is 0 Å². The van der Waals surface area contributed by atoms with Gasteiger partial charge in [0.1, 0.15) is 17.7 Å². The van der Waals surface area contributed by atoms with Crippen molar-refractivity contribution in [1.29, 1.82) is 5.26 Å². The van der Waals surface area contributed by atoms with Crippen molar-refractivity contribution in [3.8, 4) is 28.5 Å². The molecule has 0 unspecified atom stereocenters. The first-order chi connectivity index (χ1) is 19.4. The van der Waals surface area contributed by atoms with E-state index in [2.05, 4.69) is 31.7 Å². The molecule has 2 N–H and O–H groups in total. The molecule has 2 aromatic carbocycles. The number of nitrogens with one attached hydrogen (secondary N) is 2. The van der Waals surface area contributed by atoms with E-state index < -0.39 is 11.0 Å². The Balaban J connectivity index is 1.59. The minimum Gasteiger partial charge on any atom is -0.369 e. The highest BCUT2D eigenvalue weighted by atomic mass is 16.5. The molecule has 2 aromatic heterocycles. The normalized spacial score (nSPS) is 11.4. The molecule has 2 heterocycles. The maximum atomic E-state index is 13.1. The lowest BCUT2D eigenvalue weighted by atomic mass is 9.90. The number of aryl methyl sites for hydroxylation is 1. The summed E-state index contributed by atoms with van der Waals surface area (Å²) in [6.45, 7) is 8.88. The quantitative estimate of drug-likeness (QED) is 0.279. The number of hydrogen-bond acceptors (Lipinski definition) is 7. The van der Waals surface area contributed by atoms with Crippen molar-refractivity contribution in [1.82, 2.24) is 15.0 Å². The second-order valence-electron chi connectivity index (χ2n) is 10.7. The SMILES string of the molecule is COC(C)(C)C(=O)Nc1cc(-c2cccc(-c3cc(NC(=O)c4ccnc(C(C)(C)C#N)c4)ccc3C)c2)ncn1. The Morgan fingerprint density at radius 2 is 1.66 bits per heavy atom. The van der Waals surface area contributed by atoms with Crippen molar-refractivity contribution >= 4 is 23.3 Å². The highest BCUT2D eigenvalue weighted by molar-refractivity contribution is 6.04. The van der Waals surface area contributed by atoms with Gasteiger partial charge in [-0.2, -0.15) is 5.26 Å². The molecule has 0 aliphatic rings. The first kappa shape index (κ1) is 29.1. The second-order valence-corrected chi connectivity index (χ2v) is 10.7. The van der Waals surface area contributed by atoms with Crippen LogP contribution in [0, 0.1) is 18.3 Å². The van der Waals surface area contributed by atoms with Crippen LogP contribution in [0.5, 0.6) is 0 Å². The number of rotatable bonds is 8. The van der Waals surface area contributed by atoms with Crippen molar-refractivity contribution < 1.29 is 14.3 Å². The molecule has 0 saturated heterocycles. The van der Waals surface area contributed by atoms with Gasteiger partial charge in [-0.3, -0.25) is 14.6 Å². The number of carbonyl (C=O) groups is 2. The fraction of sp³-hybridized carbons (Fsp3) is 0.250. The van der Waals surface area contributed by atoms with Gasteiger partial charge in [-0.15, -0.1) is 0 Å². The maximum Gasteiger partial charge on any atom is 0.257 e. The molecular weight excluding hydrogens is 516 g/mol. The van der Waals surface area contributed by atoms with Gasteiger partial charge in [0.25, 0.3) is 11.8 Å². The zero-order chi connectivity index (χ0) is 29.8. The van der Waals surface area contributed by atoms with Crippen LogP contribution in [-0.4, -0.2) is 39.5 Å². The Morgan fingerprint density at radius 3 is 2.39 bits per heavy atom. The topological polar surface area (TPSA) is 130 Å². The number of anilines is 2. The van der Waals surface area contributed by atoms with E-state index in [1.54, 1.807) is 45.9 Å². The third kappa shape index (κ3) is 6.62. The Labute approximate surface area is 239 Å². The standard InChI is InChI=1S/C32H32N6O3/c1-20-10-11-24(37-29(39)23-12-13-34-27(15-23)31(2,3)18-33)16-25(20)21-8-7-9-22(14-21)26-17-28(36-19-35-26)38-30(40)32(4,5)41-6/h7-17,19H,1-6H3,(H,37,39)(H,35,36,38,40). The van der Waals surface area contributed by atoms with Crippen molar-refractivity contribution in [2.45, 2.75) is 45.6 Å². The molecular formula is C32H32N6O3. The lowest BCUT2D eigenvalue weighted by Crippen LogP contribution is -2.39. The molecule has 2 amide bonds. The van der Waals surface area contributed by atoms with E-state index in [-0.39, 0.29) is 11.8 Å². The van der Waals surface area contributed by atoms with E-state index in [1.807, 2.05) is 49.4 Å². The molecule has 9 heteroatoms. The van der Waals surface area contributed by atoms with Gasteiger partial charge in [0.05, 0.1) is 22.9 Å². The second kappa shape index (κ2) is 11.7. The fourth-order valence-electron chi connectivity index (χ4n) is 3.97. The monoisotopic (exact) mass is 548 g/mol. The zero-order valence-corrected chi connectivity index (χ0v) is 23.9. The lowest BCUT2D eigenvalue weighted by Gasteiger charge is -2.21. The summed E-state index contributed by atoms with van der Waals surface area (Å²) in [6.07, 6.45) is 2.94. The smallest absolute Gasteiger partial charge is 0.257 e. The van der Waals surface area contributed by atoms with Gasteiger partial charge in [-0.25, -0.2) is 9.97 Å². The van der Waals surface area contributed by atoms with Crippen LogP contribution in [0.2, 0.25) is 0 Å². The van der Waals surface area contributed by atoms with Gasteiger partial charge < -0.3 is 15.4 Å². The first-order valence-electron chi connectivity index (χ1n) is 13.0. The van der Waals surface area contributed by atoms with Gasteiger partial charge >= 0.3 is 0 Å². The van der Waals surface area contributed by atoms with Gasteiger partial charge in [-0.1, -0.05) is 24.3 Å². The first-order valence-corrected chi connectivity index (χ1v) is 13.0. The average molecular weight is 549 g/mol. The summed E-state index contributed by atoms with van der Waals surface area (Å²) in [5.41, 5.74) is 4.15. The molecule has 0 aliphatic heterocycles. The number of pyridine rings is 1. The Hall–Kier alpha value is -4.94. The largest absolute Gasteiger partial charge is 0.369 e. The lowest BCUT2D eigenvalue weighted by molar-refractivity contribution is -0.133. The number of aromatic nitrogens is 3. The number of carbonyl (C=O) groups excluding carboxylic acids is 2. The molecule has 4 rings (SSSR count). The summed E-state index contributed by atoms with van der Waals surface area (Å²) < 4.78 is 5.25. The number of benzene rings is 2. The predicted molar refractivity (Wildman–Crippen MR) is 158 cm³/mol. The minimum atomic E-state index is -1.00. The van der Waals surface area contributed by atoms with E-state index >= 15 is 0 Å². The highest BCUT2D eigenvalue weighted by Crippen LogP contribution is 2.31. The van der Waals surface area contributed by atoms with E-state index in [0.717, 1.165) is 22.3 Å². The van der Waals surface area contributed by atoms with Crippen LogP contribution in [-0.2, 0) is 14.9 Å². The summed E-state index contributed by atoms with van der Waals surface area (Å²) in [4.78, 5) is 38.4. The van der Waals surface area contributed by atoms with Crippen LogP contribution in [0.25, 0.3) is 22.4 Å². The molecule has 0 bridgehead atoms. The minimum absolute atomic E-state index is 0.293. The molecule has 0 radical (unpaired) electrons. The maximum absolute atomic E-state index is 13.1. The van der Waals surface area contributed by atoms with Crippen molar-refractivity contribution in [3.63, 3.8) is 0 Å². The molecule has 9 nitrogen and oxygen atoms in total. The number of amides is 2. The third-order valence-electron chi connectivity index (χ3n) is 6.87. The molecule has 0 saturated carbocycles. The van der Waals surface area contributed by atoms with Crippen LogP contribution in [0.4, 0.5) is 11.5 Å². The molecule has 0 aliphatic carbocycles. The number of hydrogen-bond donors (Lipinski definition) is 2. The Bertz CT molecular complexity index is 1660. The van der Waals surface area contributed by atoms with E-state index in [4.69, 9.17) is 4.74 Å². The summed E-state index contributed by atoms with van der Waals surface area (Å²) in [5.74, 6) is -0.239. The molecule has 0 fully saturated rings. The average Bonchev–Trinajstić information content (AvgIpc) is 2.98. The summed E-state index contributed by atoms with van der Waals surface area (Å²) in [7, 11) is 1.48. The summed E-state index contributed by atoms with van der Waals surface area (Å²) >= 11 is 0. The third-order valence-corrected chi connectivity index (χ3v) is 6.87. The predicted octanol–water partition coefficient (Wildman–Crippen LogP) is 5.93. The zero-order valence-electron chi connectivity index (χ0n) is 23.9. The molecule has 208 valence electrons. The highest BCUT2D eigenvalue weighted by Gasteiger charge is 2.27. The van der Waals surface area contributed by atoms with Crippen molar-refractivity contribution in [2.24, 2.45) is 0 Å². The summed E-state index contributed by atoms with van der Waals surface area (Å²) in [6, 6.07) is 20.8. The number of nitriles is 1.